The Morgan fingerprint density at radius 1 is 0.938 bits per heavy atom. The third-order valence-electron chi connectivity index (χ3n) is 3.04. The molecule has 0 amide bonds. The highest BCUT2D eigenvalue weighted by Crippen LogP contribution is 2.13. The van der Waals surface area contributed by atoms with E-state index in [0.717, 1.165) is 38.5 Å². The summed E-state index contributed by atoms with van der Waals surface area (Å²) in [4.78, 5) is 10.5. The lowest BCUT2D eigenvalue weighted by molar-refractivity contribution is 0.484. The SMILES string of the molecule is CCCC(N)CCCCCC(CCC)N=O. The fourth-order valence-electron chi connectivity index (χ4n) is 2.06. The molecule has 3 nitrogen and oxygen atoms in total. The molecule has 0 heterocycles. The van der Waals surface area contributed by atoms with Gasteiger partial charge in [0.05, 0.1) is 6.04 Å². The van der Waals surface area contributed by atoms with E-state index in [9.17, 15) is 4.91 Å². The number of rotatable bonds is 11. The average molecular weight is 228 g/mol. The van der Waals surface area contributed by atoms with Gasteiger partial charge in [-0.3, -0.25) is 0 Å². The Bertz CT molecular complexity index is 162. The summed E-state index contributed by atoms with van der Waals surface area (Å²) >= 11 is 0. The standard InChI is InChI=1S/C13H28N2O/c1-3-8-12(14)10-6-5-7-11-13(15-16)9-4-2/h12-13H,3-11,14H2,1-2H3. The normalized spacial score (nSPS) is 14.7. The van der Waals surface area contributed by atoms with E-state index < -0.39 is 0 Å². The highest BCUT2D eigenvalue weighted by Gasteiger charge is 2.07. The van der Waals surface area contributed by atoms with E-state index in [0.29, 0.717) is 6.04 Å². The lowest BCUT2D eigenvalue weighted by Crippen LogP contribution is -2.19. The van der Waals surface area contributed by atoms with Gasteiger partial charge < -0.3 is 5.73 Å². The van der Waals surface area contributed by atoms with Gasteiger partial charge in [0.15, 0.2) is 0 Å². The van der Waals surface area contributed by atoms with E-state index in [1.54, 1.807) is 0 Å². The third kappa shape index (κ3) is 8.84. The Kier molecular flexibility index (Phi) is 10.8. The molecule has 0 aliphatic heterocycles. The predicted molar refractivity (Wildman–Crippen MR) is 70.5 cm³/mol. The second-order valence-corrected chi connectivity index (χ2v) is 4.73. The number of nitroso groups, excluding NO2 is 1. The molecule has 3 heteroatoms. The Balaban J connectivity index is 3.34. The molecule has 0 aliphatic rings. The molecule has 0 radical (unpaired) electrons. The van der Waals surface area contributed by atoms with E-state index in [2.05, 4.69) is 19.0 Å². The number of hydrogen-bond acceptors (Lipinski definition) is 3. The van der Waals surface area contributed by atoms with Crippen LogP contribution in [-0.2, 0) is 0 Å². The molecule has 96 valence electrons. The minimum atomic E-state index is 0.0503. The number of unbranched alkanes of at least 4 members (excludes halogenated alkanes) is 2. The zero-order valence-electron chi connectivity index (χ0n) is 11.0. The molecule has 0 aromatic heterocycles. The molecule has 0 spiro atoms. The molecule has 16 heavy (non-hydrogen) atoms. The summed E-state index contributed by atoms with van der Waals surface area (Å²) in [5.74, 6) is 0. The molecular weight excluding hydrogens is 200 g/mol. The van der Waals surface area contributed by atoms with Crippen molar-refractivity contribution in [3.63, 3.8) is 0 Å². The Morgan fingerprint density at radius 3 is 2.12 bits per heavy atom. The van der Waals surface area contributed by atoms with E-state index >= 15 is 0 Å². The molecule has 2 unspecified atom stereocenters. The van der Waals surface area contributed by atoms with Crippen LogP contribution in [-0.4, -0.2) is 12.1 Å². The van der Waals surface area contributed by atoms with Gasteiger partial charge in [-0.05, 0) is 25.7 Å². The highest BCUT2D eigenvalue weighted by molar-refractivity contribution is 4.65. The van der Waals surface area contributed by atoms with Gasteiger partial charge in [0.25, 0.3) is 0 Å². The monoisotopic (exact) mass is 228 g/mol. The maximum Gasteiger partial charge on any atom is 0.0919 e. The van der Waals surface area contributed by atoms with Crippen LogP contribution in [0.2, 0.25) is 0 Å². The highest BCUT2D eigenvalue weighted by atomic mass is 16.3. The van der Waals surface area contributed by atoms with E-state index in [-0.39, 0.29) is 6.04 Å². The predicted octanol–water partition coefficient (Wildman–Crippen LogP) is 4.00. The third-order valence-corrected chi connectivity index (χ3v) is 3.04. The largest absolute Gasteiger partial charge is 0.328 e. The van der Waals surface area contributed by atoms with Gasteiger partial charge in [-0.25, -0.2) is 0 Å². The summed E-state index contributed by atoms with van der Waals surface area (Å²) in [6.07, 6.45) is 9.89. The zero-order chi connectivity index (χ0) is 12.2. The van der Waals surface area contributed by atoms with Crippen LogP contribution in [0.5, 0.6) is 0 Å². The first kappa shape index (κ1) is 15.6. The summed E-state index contributed by atoms with van der Waals surface area (Å²) in [6.45, 7) is 4.27. The van der Waals surface area contributed by atoms with Gasteiger partial charge in [-0.2, -0.15) is 4.91 Å². The topological polar surface area (TPSA) is 55.4 Å². The van der Waals surface area contributed by atoms with Crippen LogP contribution in [0, 0.1) is 4.91 Å². The summed E-state index contributed by atoms with van der Waals surface area (Å²) in [6, 6.07) is 0.426. The molecule has 2 N–H and O–H groups in total. The molecule has 0 aliphatic carbocycles. The number of hydrogen-bond donors (Lipinski definition) is 1. The van der Waals surface area contributed by atoms with Crippen LogP contribution in [0.25, 0.3) is 0 Å². The molecule has 0 saturated carbocycles. The molecule has 0 bridgehead atoms. The number of nitrogens with zero attached hydrogens (tertiary/aromatic N) is 1. The van der Waals surface area contributed by atoms with Crippen molar-refractivity contribution in [2.24, 2.45) is 10.9 Å². The molecule has 0 rings (SSSR count). The van der Waals surface area contributed by atoms with Crippen LogP contribution in [0.3, 0.4) is 0 Å². The first-order valence-corrected chi connectivity index (χ1v) is 6.82. The van der Waals surface area contributed by atoms with Gasteiger partial charge in [0.2, 0.25) is 0 Å². The van der Waals surface area contributed by atoms with Crippen LogP contribution in [0.1, 0.15) is 71.6 Å². The van der Waals surface area contributed by atoms with Gasteiger partial charge in [0.1, 0.15) is 0 Å². The van der Waals surface area contributed by atoms with Gasteiger partial charge in [-0.1, -0.05) is 51.1 Å². The second kappa shape index (κ2) is 11.1. The van der Waals surface area contributed by atoms with Crippen molar-refractivity contribution in [1.29, 1.82) is 0 Å². The van der Waals surface area contributed by atoms with E-state index in [1.165, 1.54) is 19.3 Å². The van der Waals surface area contributed by atoms with Gasteiger partial charge in [-0.15, -0.1) is 0 Å². The van der Waals surface area contributed by atoms with Gasteiger partial charge >= 0.3 is 0 Å². The van der Waals surface area contributed by atoms with Crippen molar-refractivity contribution < 1.29 is 0 Å². The van der Waals surface area contributed by atoms with E-state index in [4.69, 9.17) is 5.73 Å². The molecule has 2 atom stereocenters. The molecule has 0 fully saturated rings. The lowest BCUT2D eigenvalue weighted by Gasteiger charge is -2.10. The zero-order valence-corrected chi connectivity index (χ0v) is 11.0. The maximum atomic E-state index is 10.5. The van der Waals surface area contributed by atoms with Crippen LogP contribution in [0.4, 0.5) is 0 Å². The average Bonchev–Trinajstić information content (AvgIpc) is 2.27. The Labute approximate surface area is 100 Å². The van der Waals surface area contributed by atoms with Crippen molar-refractivity contribution >= 4 is 0 Å². The minimum Gasteiger partial charge on any atom is -0.328 e. The second-order valence-electron chi connectivity index (χ2n) is 4.73. The first-order valence-electron chi connectivity index (χ1n) is 6.82. The Morgan fingerprint density at radius 2 is 1.56 bits per heavy atom. The van der Waals surface area contributed by atoms with Gasteiger partial charge in [0, 0.05) is 6.04 Å². The number of nitrogens with two attached hydrogens (primary N) is 1. The molecule has 0 aromatic rings. The summed E-state index contributed by atoms with van der Waals surface area (Å²) in [5.41, 5.74) is 5.93. The molecule has 0 saturated heterocycles. The summed E-state index contributed by atoms with van der Waals surface area (Å²) < 4.78 is 0. The van der Waals surface area contributed by atoms with Crippen molar-refractivity contribution in [2.75, 3.05) is 0 Å². The molecular formula is C13H28N2O. The lowest BCUT2D eigenvalue weighted by atomic mass is 10.0. The van der Waals surface area contributed by atoms with Crippen molar-refractivity contribution in [1.82, 2.24) is 0 Å². The van der Waals surface area contributed by atoms with Crippen LogP contribution in [0.15, 0.2) is 5.18 Å². The fourth-order valence-corrected chi connectivity index (χ4v) is 2.06. The molecule has 0 aromatic carbocycles. The first-order chi connectivity index (χ1) is 7.74. The van der Waals surface area contributed by atoms with E-state index in [1.807, 2.05) is 0 Å². The van der Waals surface area contributed by atoms with Crippen molar-refractivity contribution in [3.8, 4) is 0 Å². The van der Waals surface area contributed by atoms with Crippen molar-refractivity contribution in [3.05, 3.63) is 4.91 Å². The summed E-state index contributed by atoms with van der Waals surface area (Å²) in [7, 11) is 0. The minimum absolute atomic E-state index is 0.0503. The van der Waals surface area contributed by atoms with Crippen LogP contribution < -0.4 is 5.73 Å². The Hall–Kier alpha value is -0.440. The summed E-state index contributed by atoms with van der Waals surface area (Å²) in [5, 5.41) is 3.17. The fraction of sp³-hybridized carbons (Fsp3) is 1.00. The maximum absolute atomic E-state index is 10.5. The van der Waals surface area contributed by atoms with Crippen molar-refractivity contribution in [2.45, 2.75) is 83.7 Å². The quantitative estimate of drug-likeness (QED) is 0.429. The van der Waals surface area contributed by atoms with Crippen LogP contribution >= 0.6 is 0 Å². The smallest absolute Gasteiger partial charge is 0.0919 e.